The van der Waals surface area contributed by atoms with Crippen molar-refractivity contribution in [1.82, 2.24) is 0 Å². The van der Waals surface area contributed by atoms with Crippen LogP contribution < -0.4 is 0 Å². The van der Waals surface area contributed by atoms with E-state index in [4.69, 9.17) is 9.47 Å². The quantitative estimate of drug-likeness (QED) is 0.447. The Bertz CT molecular complexity index is 670. The van der Waals surface area contributed by atoms with Gasteiger partial charge in [-0.05, 0) is 72.6 Å². The number of carbonyl (C=O) groups is 1. The molecule has 1 saturated carbocycles. The highest BCUT2D eigenvalue weighted by atomic mass is 19.4. The first-order valence-corrected chi connectivity index (χ1v) is 10.5. The second-order valence-electron chi connectivity index (χ2n) is 10.1. The molecule has 0 spiro atoms. The molecule has 0 aromatic heterocycles. The number of halogens is 5. The van der Waals surface area contributed by atoms with Crippen molar-refractivity contribution in [2.45, 2.75) is 109 Å². The second kappa shape index (κ2) is 8.09. The van der Waals surface area contributed by atoms with E-state index in [1.807, 2.05) is 6.92 Å². The standard InChI is InChI=1S/C21H33F5O5/c1-7-16(2,3)15(27)30-14-10-8-13(9-11-14)17(4,5)31-18(6)12-29-20(28,19(18,22)23)21(24,25)26/h13-14,28H,7-12H2,1-6H3. The van der Waals surface area contributed by atoms with E-state index >= 15 is 0 Å². The van der Waals surface area contributed by atoms with Gasteiger partial charge in [-0.3, -0.25) is 4.79 Å². The normalized spacial score (nSPS) is 34.6. The van der Waals surface area contributed by atoms with Gasteiger partial charge in [-0.2, -0.15) is 22.0 Å². The number of ether oxygens (including phenoxy) is 3. The van der Waals surface area contributed by atoms with Gasteiger partial charge in [0.2, 0.25) is 0 Å². The Labute approximate surface area is 179 Å². The van der Waals surface area contributed by atoms with E-state index in [0.717, 1.165) is 6.92 Å². The van der Waals surface area contributed by atoms with E-state index in [1.165, 1.54) is 13.8 Å². The number of carbonyl (C=O) groups excluding carboxylic acids is 1. The molecule has 1 heterocycles. The number of aliphatic hydroxyl groups is 1. The minimum absolute atomic E-state index is 0.256. The van der Waals surface area contributed by atoms with Crippen molar-refractivity contribution < 1.29 is 46.1 Å². The van der Waals surface area contributed by atoms with Crippen LogP contribution in [-0.4, -0.2) is 52.9 Å². The lowest BCUT2D eigenvalue weighted by molar-refractivity contribution is -0.412. The zero-order chi connectivity index (χ0) is 24.1. The van der Waals surface area contributed by atoms with E-state index in [2.05, 4.69) is 4.74 Å². The molecule has 31 heavy (non-hydrogen) atoms. The molecule has 5 nitrogen and oxygen atoms in total. The topological polar surface area (TPSA) is 65.0 Å². The number of hydrogen-bond donors (Lipinski definition) is 1. The fourth-order valence-corrected chi connectivity index (χ4v) is 4.13. The van der Waals surface area contributed by atoms with Crippen LogP contribution in [0.3, 0.4) is 0 Å². The third-order valence-corrected chi connectivity index (χ3v) is 6.89. The van der Waals surface area contributed by atoms with Crippen LogP contribution in [0, 0.1) is 11.3 Å². The molecule has 0 aromatic carbocycles. The van der Waals surface area contributed by atoms with Crippen molar-refractivity contribution in [1.29, 1.82) is 0 Å². The van der Waals surface area contributed by atoms with E-state index in [0.29, 0.717) is 32.1 Å². The van der Waals surface area contributed by atoms with Gasteiger partial charge in [0.1, 0.15) is 6.10 Å². The zero-order valence-electron chi connectivity index (χ0n) is 18.9. The average molecular weight is 460 g/mol. The zero-order valence-corrected chi connectivity index (χ0v) is 18.9. The van der Waals surface area contributed by atoms with Gasteiger partial charge in [-0.1, -0.05) is 6.92 Å². The predicted octanol–water partition coefficient (Wildman–Crippen LogP) is 4.99. The third-order valence-electron chi connectivity index (χ3n) is 6.89. The molecule has 0 aromatic rings. The molecule has 1 aliphatic carbocycles. The summed E-state index contributed by atoms with van der Waals surface area (Å²) < 4.78 is 84.0. The Hall–Kier alpha value is -1.00. The number of alkyl halides is 5. The highest BCUT2D eigenvalue weighted by Gasteiger charge is 2.82. The van der Waals surface area contributed by atoms with Crippen LogP contribution in [0.1, 0.15) is 73.6 Å². The predicted molar refractivity (Wildman–Crippen MR) is 101 cm³/mol. The maximum absolute atomic E-state index is 14.7. The highest BCUT2D eigenvalue weighted by molar-refractivity contribution is 5.76. The van der Waals surface area contributed by atoms with Crippen molar-refractivity contribution in [3.63, 3.8) is 0 Å². The van der Waals surface area contributed by atoms with Crippen molar-refractivity contribution >= 4 is 5.97 Å². The van der Waals surface area contributed by atoms with E-state index in [-0.39, 0.29) is 18.0 Å². The maximum atomic E-state index is 14.7. The number of hydrogen-bond acceptors (Lipinski definition) is 5. The maximum Gasteiger partial charge on any atom is 0.449 e. The van der Waals surface area contributed by atoms with Crippen molar-refractivity contribution in [3.05, 3.63) is 0 Å². The molecule has 2 fully saturated rings. The summed E-state index contributed by atoms with van der Waals surface area (Å²) in [7, 11) is 0. The summed E-state index contributed by atoms with van der Waals surface area (Å²) in [6, 6.07) is 0. The van der Waals surface area contributed by atoms with Crippen LogP contribution in [0.15, 0.2) is 0 Å². The Morgan fingerprint density at radius 2 is 1.61 bits per heavy atom. The van der Waals surface area contributed by atoms with Crippen LogP contribution in [0.5, 0.6) is 0 Å². The van der Waals surface area contributed by atoms with E-state index < -0.39 is 41.1 Å². The van der Waals surface area contributed by atoms with Crippen LogP contribution >= 0.6 is 0 Å². The smallest absolute Gasteiger partial charge is 0.449 e. The Kier molecular flexibility index (Phi) is 6.85. The monoisotopic (exact) mass is 460 g/mol. The van der Waals surface area contributed by atoms with Crippen molar-refractivity contribution in [2.75, 3.05) is 6.61 Å². The summed E-state index contributed by atoms with van der Waals surface area (Å²) in [6.07, 6.45) is -3.38. The first kappa shape index (κ1) is 26.3. The lowest BCUT2D eigenvalue weighted by Crippen LogP contribution is -2.64. The summed E-state index contributed by atoms with van der Waals surface area (Å²) in [5, 5.41) is 9.58. The van der Waals surface area contributed by atoms with Gasteiger partial charge in [0.25, 0.3) is 0 Å². The van der Waals surface area contributed by atoms with E-state index in [9.17, 15) is 31.9 Å². The van der Waals surface area contributed by atoms with Gasteiger partial charge < -0.3 is 19.3 Å². The molecular formula is C21H33F5O5. The third kappa shape index (κ3) is 4.57. The molecule has 1 saturated heterocycles. The lowest BCUT2D eigenvalue weighted by Gasteiger charge is -2.45. The van der Waals surface area contributed by atoms with Crippen LogP contribution in [0.4, 0.5) is 22.0 Å². The Morgan fingerprint density at radius 1 is 1.10 bits per heavy atom. The van der Waals surface area contributed by atoms with Gasteiger partial charge in [-0.25, -0.2) is 0 Å². The first-order chi connectivity index (χ1) is 13.8. The summed E-state index contributed by atoms with van der Waals surface area (Å²) >= 11 is 0. The van der Waals surface area contributed by atoms with Crippen LogP contribution in [-0.2, 0) is 19.0 Å². The van der Waals surface area contributed by atoms with Gasteiger partial charge >= 0.3 is 23.9 Å². The van der Waals surface area contributed by atoms with E-state index in [1.54, 1.807) is 13.8 Å². The highest BCUT2D eigenvalue weighted by Crippen LogP contribution is 2.56. The van der Waals surface area contributed by atoms with Crippen LogP contribution in [0.2, 0.25) is 0 Å². The molecule has 2 unspecified atom stereocenters. The lowest BCUT2D eigenvalue weighted by atomic mass is 9.77. The van der Waals surface area contributed by atoms with Gasteiger partial charge in [0.15, 0.2) is 5.60 Å². The Morgan fingerprint density at radius 3 is 2.03 bits per heavy atom. The fraction of sp³-hybridized carbons (Fsp3) is 0.952. The van der Waals surface area contributed by atoms with Crippen molar-refractivity contribution in [2.24, 2.45) is 11.3 Å². The van der Waals surface area contributed by atoms with Gasteiger partial charge in [0.05, 0.1) is 17.6 Å². The molecule has 0 bridgehead atoms. The molecule has 2 atom stereocenters. The van der Waals surface area contributed by atoms with Gasteiger partial charge in [0, 0.05) is 0 Å². The SMILES string of the molecule is CCC(C)(C)C(=O)OC1CCC(C(C)(C)OC2(C)COC(O)(C(F)(F)F)C2(F)F)CC1. The molecule has 0 radical (unpaired) electrons. The molecule has 1 N–H and O–H groups in total. The minimum atomic E-state index is -5.68. The molecule has 10 heteroatoms. The summed E-state index contributed by atoms with van der Waals surface area (Å²) in [5.74, 6) is -9.87. The fourth-order valence-electron chi connectivity index (χ4n) is 4.13. The number of rotatable bonds is 6. The molecule has 1 aliphatic heterocycles. The molecule has 0 amide bonds. The van der Waals surface area contributed by atoms with Crippen LogP contribution in [0.25, 0.3) is 0 Å². The minimum Gasteiger partial charge on any atom is -0.462 e. The van der Waals surface area contributed by atoms with Gasteiger partial charge in [-0.15, -0.1) is 0 Å². The second-order valence-corrected chi connectivity index (χ2v) is 10.1. The largest absolute Gasteiger partial charge is 0.462 e. The number of esters is 1. The van der Waals surface area contributed by atoms with Crippen molar-refractivity contribution in [3.8, 4) is 0 Å². The first-order valence-electron chi connectivity index (χ1n) is 10.5. The Balaban J connectivity index is 2.05. The average Bonchev–Trinajstić information content (AvgIpc) is 2.82. The molecule has 2 rings (SSSR count). The summed E-state index contributed by atoms with van der Waals surface area (Å²) in [5.41, 5.74) is -4.50. The molecule has 182 valence electrons. The summed E-state index contributed by atoms with van der Waals surface area (Å²) in [6.45, 7) is 8.26. The molecule has 2 aliphatic rings. The summed E-state index contributed by atoms with van der Waals surface area (Å²) in [4.78, 5) is 12.3. The molecular weight excluding hydrogens is 427 g/mol.